The maximum absolute atomic E-state index is 12.4. The van der Waals surface area contributed by atoms with Crippen molar-refractivity contribution in [3.05, 3.63) is 71.2 Å². The van der Waals surface area contributed by atoms with Crippen molar-refractivity contribution >= 4 is 50.0 Å². The lowest BCUT2D eigenvalue weighted by atomic mass is 10.2. The molecular formula is C26H26F3N9O4S4. The number of nitrogens with two attached hydrogens (primary N) is 1. The van der Waals surface area contributed by atoms with E-state index < -0.39 is 21.5 Å². The molecule has 0 aliphatic carbocycles. The standard InChI is InChI=1S/C11H10F3N3O3S2.C10H11N3OS.C5H5N3S/c1-6(2)8-9(20-22(18,19)11(12,13)14)17-10(21-8)7-5-15-3-4-16-7;1-6(2)8-9(14)13-10(15-8)7-5-11-3-4-12-7;6-5(9)4-3-7-1-2-8-4/h3-6H,1-2H3;3-6,14H,1-2H3;1-3H,(H2,6,9). The molecule has 20 heteroatoms. The summed E-state index contributed by atoms with van der Waals surface area (Å²) < 4.78 is 63.7. The van der Waals surface area contributed by atoms with Gasteiger partial charge in [0, 0.05) is 37.2 Å². The van der Waals surface area contributed by atoms with Crippen molar-refractivity contribution in [2.45, 2.75) is 45.0 Å². The highest BCUT2D eigenvalue weighted by atomic mass is 32.2. The third-order valence-corrected chi connectivity index (χ3v) is 9.04. The SMILES string of the molecule is CC(C)c1sc(-c2cnccn2)nc1O.CC(C)c1sc(-c2cnccn2)nc1OS(=O)(=O)C(F)(F)F.NC(=S)c1cnccn1. The Morgan fingerprint density at radius 2 is 1.30 bits per heavy atom. The van der Waals surface area contributed by atoms with Gasteiger partial charge in [0.2, 0.25) is 11.8 Å². The van der Waals surface area contributed by atoms with E-state index in [-0.39, 0.29) is 32.6 Å². The minimum atomic E-state index is -5.77. The fourth-order valence-corrected chi connectivity index (χ4v) is 5.53. The third kappa shape index (κ3) is 9.86. The number of alkyl halides is 3. The molecule has 0 saturated heterocycles. The monoisotopic (exact) mass is 713 g/mol. The molecule has 0 aromatic carbocycles. The second-order valence-corrected chi connectivity index (χ2v) is 13.4. The lowest BCUT2D eigenvalue weighted by Gasteiger charge is -2.09. The summed E-state index contributed by atoms with van der Waals surface area (Å²) in [4.78, 5) is 32.8. The summed E-state index contributed by atoms with van der Waals surface area (Å²) in [6, 6.07) is 0. The van der Waals surface area contributed by atoms with Gasteiger partial charge in [0.05, 0.1) is 28.3 Å². The molecule has 0 aliphatic rings. The van der Waals surface area contributed by atoms with Crippen molar-refractivity contribution in [2.75, 3.05) is 0 Å². The first kappa shape index (κ1) is 36.2. The second-order valence-electron chi connectivity index (χ2n) is 9.32. The zero-order valence-electron chi connectivity index (χ0n) is 24.4. The fourth-order valence-electron chi connectivity index (χ4n) is 3.06. The topological polar surface area (TPSA) is 193 Å². The normalized spacial score (nSPS) is 11.3. The summed E-state index contributed by atoms with van der Waals surface area (Å²) in [5, 5.41) is 10.6. The third-order valence-electron chi connectivity index (χ3n) is 5.16. The Kier molecular flexibility index (Phi) is 12.5. The van der Waals surface area contributed by atoms with Gasteiger partial charge in [-0.15, -0.1) is 22.7 Å². The van der Waals surface area contributed by atoms with E-state index in [1.165, 1.54) is 36.1 Å². The number of hydrogen-bond acceptors (Lipinski definition) is 15. The Balaban J connectivity index is 0.000000206. The number of aromatic hydroxyl groups is 1. The van der Waals surface area contributed by atoms with Gasteiger partial charge in [-0.2, -0.15) is 31.6 Å². The van der Waals surface area contributed by atoms with E-state index in [1.54, 1.807) is 44.8 Å². The quantitative estimate of drug-likeness (QED) is 0.122. The molecule has 3 N–H and O–H groups in total. The predicted octanol–water partition coefficient (Wildman–Crippen LogP) is 5.49. The van der Waals surface area contributed by atoms with Crippen LogP contribution in [-0.4, -0.2) is 63.9 Å². The molecule has 5 aromatic rings. The van der Waals surface area contributed by atoms with Crippen LogP contribution in [-0.2, 0) is 10.1 Å². The Labute approximate surface area is 275 Å². The molecule has 0 fully saturated rings. The average Bonchev–Trinajstić information content (AvgIpc) is 3.62. The van der Waals surface area contributed by atoms with Crippen molar-refractivity contribution in [3.8, 4) is 33.2 Å². The summed E-state index contributed by atoms with van der Waals surface area (Å²) in [5.74, 6) is -0.483. The number of thiazole rings is 2. The van der Waals surface area contributed by atoms with Crippen LogP contribution in [0.1, 0.15) is 55.0 Å². The van der Waals surface area contributed by atoms with Gasteiger partial charge in [0.1, 0.15) is 32.1 Å². The zero-order chi connectivity index (χ0) is 34.1. The number of halogens is 3. The van der Waals surface area contributed by atoms with E-state index in [0.29, 0.717) is 22.1 Å². The molecule has 0 saturated carbocycles. The van der Waals surface area contributed by atoms with Crippen LogP contribution in [0.5, 0.6) is 11.8 Å². The van der Waals surface area contributed by atoms with Crippen molar-refractivity contribution in [1.29, 1.82) is 0 Å². The molecule has 0 aliphatic heterocycles. The molecule has 0 atom stereocenters. The number of hydrogen-bond donors (Lipinski definition) is 2. The van der Waals surface area contributed by atoms with Crippen molar-refractivity contribution in [1.82, 2.24) is 39.9 Å². The summed E-state index contributed by atoms with van der Waals surface area (Å²) >= 11 is 7.10. The van der Waals surface area contributed by atoms with Crippen LogP contribution < -0.4 is 9.92 Å². The van der Waals surface area contributed by atoms with Crippen LogP contribution in [0.25, 0.3) is 21.4 Å². The molecule has 0 spiro atoms. The lowest BCUT2D eigenvalue weighted by Crippen LogP contribution is -2.28. The molecular weight excluding hydrogens is 688 g/mol. The van der Waals surface area contributed by atoms with Crippen LogP contribution in [0, 0.1) is 0 Å². The van der Waals surface area contributed by atoms with Gasteiger partial charge in [-0.25, -0.2) is 0 Å². The summed E-state index contributed by atoms with van der Waals surface area (Å²) in [5.41, 5.74) is 1.30. The van der Waals surface area contributed by atoms with Crippen LogP contribution in [0.2, 0.25) is 0 Å². The average molecular weight is 714 g/mol. The molecule has 5 rings (SSSR count). The van der Waals surface area contributed by atoms with Gasteiger partial charge < -0.3 is 15.0 Å². The van der Waals surface area contributed by atoms with Gasteiger partial charge in [-0.05, 0) is 11.8 Å². The van der Waals surface area contributed by atoms with Crippen LogP contribution in [0.4, 0.5) is 13.2 Å². The van der Waals surface area contributed by atoms with E-state index in [4.69, 9.17) is 5.73 Å². The minimum Gasteiger partial charge on any atom is -0.492 e. The number of thiocarbonyl (C=S) groups is 1. The molecule has 5 heterocycles. The van der Waals surface area contributed by atoms with Gasteiger partial charge in [0.15, 0.2) is 0 Å². The first-order chi connectivity index (χ1) is 21.6. The maximum atomic E-state index is 12.4. The predicted molar refractivity (Wildman–Crippen MR) is 170 cm³/mol. The molecule has 13 nitrogen and oxygen atoms in total. The first-order valence-electron chi connectivity index (χ1n) is 12.9. The van der Waals surface area contributed by atoms with Crippen LogP contribution in [0.3, 0.4) is 0 Å². The summed E-state index contributed by atoms with van der Waals surface area (Å²) in [6.07, 6.45) is 13.7. The lowest BCUT2D eigenvalue weighted by molar-refractivity contribution is -0.0501. The fraction of sp³-hybridized carbons (Fsp3) is 0.269. The minimum absolute atomic E-state index is 0.107. The molecule has 244 valence electrons. The maximum Gasteiger partial charge on any atom is 0.534 e. The molecule has 0 amide bonds. The number of nitrogens with zero attached hydrogens (tertiary/aromatic N) is 8. The van der Waals surface area contributed by atoms with E-state index in [0.717, 1.165) is 16.2 Å². The van der Waals surface area contributed by atoms with Crippen LogP contribution >= 0.6 is 34.9 Å². The molecule has 46 heavy (non-hydrogen) atoms. The largest absolute Gasteiger partial charge is 0.534 e. The Bertz CT molecular complexity index is 1820. The summed E-state index contributed by atoms with van der Waals surface area (Å²) in [6.45, 7) is 7.41. The van der Waals surface area contributed by atoms with Gasteiger partial charge in [-0.3, -0.25) is 29.9 Å². The van der Waals surface area contributed by atoms with E-state index >= 15 is 0 Å². The van der Waals surface area contributed by atoms with E-state index in [1.807, 2.05) is 13.8 Å². The second kappa shape index (κ2) is 15.8. The number of aromatic nitrogens is 8. The van der Waals surface area contributed by atoms with Gasteiger partial charge >= 0.3 is 15.6 Å². The first-order valence-corrected chi connectivity index (χ1v) is 16.3. The van der Waals surface area contributed by atoms with E-state index in [2.05, 4.69) is 56.3 Å². The highest BCUT2D eigenvalue weighted by Gasteiger charge is 2.49. The molecule has 0 unspecified atom stereocenters. The molecule has 5 aromatic heterocycles. The van der Waals surface area contributed by atoms with Gasteiger partial charge in [-0.1, -0.05) is 39.9 Å². The Morgan fingerprint density at radius 1 is 0.826 bits per heavy atom. The van der Waals surface area contributed by atoms with Crippen LogP contribution in [0.15, 0.2) is 55.8 Å². The zero-order valence-corrected chi connectivity index (χ0v) is 27.7. The Morgan fingerprint density at radius 3 is 1.67 bits per heavy atom. The Hall–Kier alpha value is -4.27. The molecule has 0 bridgehead atoms. The smallest absolute Gasteiger partial charge is 0.492 e. The van der Waals surface area contributed by atoms with Crippen molar-refractivity contribution in [2.24, 2.45) is 5.73 Å². The summed E-state index contributed by atoms with van der Waals surface area (Å²) in [7, 11) is -5.77. The van der Waals surface area contributed by atoms with E-state index in [9.17, 15) is 26.7 Å². The highest BCUT2D eigenvalue weighted by Crippen LogP contribution is 2.39. The van der Waals surface area contributed by atoms with Gasteiger partial charge in [0.25, 0.3) is 0 Å². The highest BCUT2D eigenvalue weighted by molar-refractivity contribution is 7.88. The van der Waals surface area contributed by atoms with Crippen molar-refractivity contribution in [3.63, 3.8) is 0 Å². The van der Waals surface area contributed by atoms with Crippen molar-refractivity contribution < 1.29 is 30.9 Å². The number of rotatable bonds is 7. The molecule has 0 radical (unpaired) electrons.